The van der Waals surface area contributed by atoms with Crippen LogP contribution in [0.3, 0.4) is 0 Å². The lowest BCUT2D eigenvalue weighted by Gasteiger charge is -2.19. The highest BCUT2D eigenvalue weighted by atomic mass is 32.1. The van der Waals surface area contributed by atoms with Crippen molar-refractivity contribution in [2.24, 2.45) is 0 Å². The van der Waals surface area contributed by atoms with Crippen LogP contribution < -0.4 is 10.3 Å². The molecule has 1 N–H and O–H groups in total. The normalized spacial score (nSPS) is 11.7. The quantitative estimate of drug-likeness (QED) is 0.485. The molecule has 4 aromatic rings. The lowest BCUT2D eigenvalue weighted by atomic mass is 9.86. The maximum Gasteiger partial charge on any atom is 0.260 e. The van der Waals surface area contributed by atoms with Crippen LogP contribution in [-0.4, -0.2) is 17.1 Å². The minimum Gasteiger partial charge on any atom is -0.497 e. The Bertz CT molecular complexity index is 1200. The number of thiophene rings is 1. The van der Waals surface area contributed by atoms with Crippen molar-refractivity contribution in [3.05, 3.63) is 81.2 Å². The zero-order valence-electron chi connectivity index (χ0n) is 17.1. The molecular weight excluding hydrogens is 380 g/mol. The molecule has 0 atom stereocenters. The molecule has 0 amide bonds. The predicted octanol–water partition coefficient (Wildman–Crippen LogP) is 5.55. The number of aromatic nitrogens is 2. The van der Waals surface area contributed by atoms with Gasteiger partial charge in [0, 0.05) is 17.4 Å². The number of methoxy groups -OCH3 is 1. The van der Waals surface area contributed by atoms with Crippen LogP contribution in [0.15, 0.2) is 58.7 Å². The first-order chi connectivity index (χ1) is 13.8. The molecule has 2 heterocycles. The molecule has 2 aromatic carbocycles. The van der Waals surface area contributed by atoms with Crippen LogP contribution in [0.2, 0.25) is 0 Å². The Morgan fingerprint density at radius 3 is 2.34 bits per heavy atom. The van der Waals surface area contributed by atoms with Crippen molar-refractivity contribution in [1.29, 1.82) is 0 Å². The molecule has 4 rings (SSSR count). The van der Waals surface area contributed by atoms with Crippen LogP contribution in [0.1, 0.15) is 37.7 Å². The predicted molar refractivity (Wildman–Crippen MR) is 120 cm³/mol. The van der Waals surface area contributed by atoms with E-state index in [0.29, 0.717) is 17.6 Å². The molecule has 2 aromatic heterocycles. The Morgan fingerprint density at radius 2 is 1.72 bits per heavy atom. The topological polar surface area (TPSA) is 55.0 Å². The fourth-order valence-corrected chi connectivity index (χ4v) is 4.34. The largest absolute Gasteiger partial charge is 0.497 e. The summed E-state index contributed by atoms with van der Waals surface area (Å²) >= 11 is 1.51. The monoisotopic (exact) mass is 404 g/mol. The van der Waals surface area contributed by atoms with E-state index in [4.69, 9.17) is 9.72 Å². The van der Waals surface area contributed by atoms with Gasteiger partial charge in [0.2, 0.25) is 0 Å². The number of ether oxygens (including phenoxy) is 1. The maximum absolute atomic E-state index is 12.9. The van der Waals surface area contributed by atoms with Gasteiger partial charge >= 0.3 is 0 Å². The van der Waals surface area contributed by atoms with Gasteiger partial charge in [0.25, 0.3) is 5.56 Å². The highest BCUT2D eigenvalue weighted by molar-refractivity contribution is 7.17. The van der Waals surface area contributed by atoms with Crippen LogP contribution in [0.4, 0.5) is 0 Å². The number of H-pyrrole nitrogens is 1. The number of aromatic amines is 1. The van der Waals surface area contributed by atoms with Gasteiger partial charge in [0.15, 0.2) is 0 Å². The van der Waals surface area contributed by atoms with Crippen molar-refractivity contribution in [2.75, 3.05) is 7.11 Å². The van der Waals surface area contributed by atoms with Gasteiger partial charge < -0.3 is 9.72 Å². The molecule has 0 aliphatic rings. The zero-order valence-corrected chi connectivity index (χ0v) is 17.9. The first kappa shape index (κ1) is 19.4. The average Bonchev–Trinajstić information content (AvgIpc) is 3.12. The van der Waals surface area contributed by atoms with Crippen LogP contribution in [0, 0.1) is 0 Å². The Kier molecular flexibility index (Phi) is 5.01. The minimum absolute atomic E-state index is 0.0883. The number of hydrogen-bond donors (Lipinski definition) is 1. The summed E-state index contributed by atoms with van der Waals surface area (Å²) in [5, 5.41) is 2.69. The third kappa shape index (κ3) is 3.96. The van der Waals surface area contributed by atoms with Crippen molar-refractivity contribution in [2.45, 2.75) is 32.6 Å². The van der Waals surface area contributed by atoms with Gasteiger partial charge in [-0.25, -0.2) is 4.98 Å². The summed E-state index contributed by atoms with van der Waals surface area (Å²) < 4.78 is 5.20. The molecule has 0 unspecified atom stereocenters. The molecule has 5 heteroatoms. The van der Waals surface area contributed by atoms with Gasteiger partial charge in [-0.05, 0) is 34.2 Å². The van der Waals surface area contributed by atoms with E-state index in [1.807, 2.05) is 29.6 Å². The van der Waals surface area contributed by atoms with Gasteiger partial charge in [-0.3, -0.25) is 4.79 Å². The lowest BCUT2D eigenvalue weighted by molar-refractivity contribution is 0.414. The standard InChI is InChI=1S/C24H24N2O2S/c1-24(2,3)17-9-7-16(8-10-17)19-14-29-23-21(19)22(27)25-20(26-23)13-15-5-11-18(28-4)12-6-15/h5-12,14H,13H2,1-4H3,(H,25,26,27). The molecule has 0 fully saturated rings. The second kappa shape index (κ2) is 7.48. The Labute approximate surface area is 174 Å². The van der Waals surface area contributed by atoms with Gasteiger partial charge in [0.1, 0.15) is 16.4 Å². The number of hydrogen-bond acceptors (Lipinski definition) is 4. The molecule has 0 saturated carbocycles. The summed E-state index contributed by atoms with van der Waals surface area (Å²) in [5.74, 6) is 1.48. The Morgan fingerprint density at radius 1 is 1.03 bits per heavy atom. The van der Waals surface area contributed by atoms with Crippen LogP contribution >= 0.6 is 11.3 Å². The highest BCUT2D eigenvalue weighted by Gasteiger charge is 2.16. The van der Waals surface area contributed by atoms with E-state index in [0.717, 1.165) is 27.3 Å². The zero-order chi connectivity index (χ0) is 20.6. The number of nitrogens with one attached hydrogen (secondary N) is 1. The third-order valence-electron chi connectivity index (χ3n) is 5.09. The van der Waals surface area contributed by atoms with Gasteiger partial charge in [-0.1, -0.05) is 57.2 Å². The third-order valence-corrected chi connectivity index (χ3v) is 5.96. The second-order valence-corrected chi connectivity index (χ2v) is 9.05. The Hall–Kier alpha value is -2.92. The molecule has 148 valence electrons. The summed E-state index contributed by atoms with van der Waals surface area (Å²) in [6.45, 7) is 6.59. The van der Waals surface area contributed by atoms with Crippen molar-refractivity contribution in [1.82, 2.24) is 9.97 Å². The molecule has 0 bridgehead atoms. The van der Waals surface area contributed by atoms with Crippen molar-refractivity contribution < 1.29 is 4.74 Å². The minimum atomic E-state index is -0.0883. The van der Waals surface area contributed by atoms with E-state index in [-0.39, 0.29) is 11.0 Å². The smallest absolute Gasteiger partial charge is 0.260 e. The number of fused-ring (bicyclic) bond motifs is 1. The van der Waals surface area contributed by atoms with Crippen molar-refractivity contribution in [3.8, 4) is 16.9 Å². The number of rotatable bonds is 4. The average molecular weight is 405 g/mol. The Balaban J connectivity index is 1.67. The maximum atomic E-state index is 12.9. The van der Waals surface area contributed by atoms with E-state index >= 15 is 0 Å². The van der Waals surface area contributed by atoms with Crippen LogP contribution in [-0.2, 0) is 11.8 Å². The van der Waals surface area contributed by atoms with Crippen LogP contribution in [0.25, 0.3) is 21.3 Å². The first-order valence-electron chi connectivity index (χ1n) is 9.59. The molecule has 0 radical (unpaired) electrons. The highest BCUT2D eigenvalue weighted by Crippen LogP contribution is 2.32. The summed E-state index contributed by atoms with van der Waals surface area (Å²) in [5.41, 5.74) is 4.34. The summed E-state index contributed by atoms with van der Waals surface area (Å²) in [6.07, 6.45) is 0.572. The molecule has 0 aliphatic carbocycles. The van der Waals surface area contributed by atoms with E-state index in [1.54, 1.807) is 7.11 Å². The van der Waals surface area contributed by atoms with E-state index in [1.165, 1.54) is 16.9 Å². The number of nitrogens with zero attached hydrogens (tertiary/aromatic N) is 1. The number of benzene rings is 2. The summed E-state index contributed by atoms with van der Waals surface area (Å²) in [7, 11) is 1.65. The summed E-state index contributed by atoms with van der Waals surface area (Å²) in [6, 6.07) is 16.3. The van der Waals surface area contributed by atoms with Crippen LogP contribution in [0.5, 0.6) is 5.75 Å². The van der Waals surface area contributed by atoms with Crippen molar-refractivity contribution in [3.63, 3.8) is 0 Å². The molecule has 29 heavy (non-hydrogen) atoms. The lowest BCUT2D eigenvalue weighted by Crippen LogP contribution is -2.12. The van der Waals surface area contributed by atoms with E-state index < -0.39 is 0 Å². The second-order valence-electron chi connectivity index (χ2n) is 8.19. The van der Waals surface area contributed by atoms with Crippen molar-refractivity contribution >= 4 is 21.6 Å². The van der Waals surface area contributed by atoms with Gasteiger partial charge in [-0.2, -0.15) is 0 Å². The fraction of sp³-hybridized carbons (Fsp3) is 0.250. The van der Waals surface area contributed by atoms with E-state index in [9.17, 15) is 4.79 Å². The molecule has 0 saturated heterocycles. The molecule has 0 aliphatic heterocycles. The molecule has 0 spiro atoms. The summed E-state index contributed by atoms with van der Waals surface area (Å²) in [4.78, 5) is 21.3. The first-order valence-corrected chi connectivity index (χ1v) is 10.5. The van der Waals surface area contributed by atoms with E-state index in [2.05, 4.69) is 50.0 Å². The SMILES string of the molecule is COc1ccc(Cc2nc3scc(-c4ccc(C(C)(C)C)cc4)c3c(=O)[nH]2)cc1. The molecule has 4 nitrogen and oxygen atoms in total. The van der Waals surface area contributed by atoms with Gasteiger partial charge in [-0.15, -0.1) is 11.3 Å². The fourth-order valence-electron chi connectivity index (χ4n) is 3.38. The molecular formula is C24H24N2O2S. The van der Waals surface area contributed by atoms with Gasteiger partial charge in [0.05, 0.1) is 12.5 Å².